The summed E-state index contributed by atoms with van der Waals surface area (Å²) < 4.78 is 1.58. The van der Waals surface area contributed by atoms with Gasteiger partial charge in [0.1, 0.15) is 5.56 Å². The van der Waals surface area contributed by atoms with Crippen molar-refractivity contribution in [3.8, 4) is 0 Å². The number of carboxylic acids is 1. The Morgan fingerprint density at radius 1 is 1.22 bits per heavy atom. The number of aromatic carboxylic acids is 1. The van der Waals surface area contributed by atoms with Crippen molar-refractivity contribution in [2.45, 2.75) is 26.0 Å². The lowest BCUT2D eigenvalue weighted by molar-refractivity contribution is 0.0694. The van der Waals surface area contributed by atoms with E-state index in [9.17, 15) is 19.8 Å². The lowest BCUT2D eigenvalue weighted by Gasteiger charge is -2.15. The number of aliphatic hydroxyl groups excluding tert-OH is 1. The molecule has 1 unspecified atom stereocenters. The van der Waals surface area contributed by atoms with Gasteiger partial charge in [-0.1, -0.05) is 41.4 Å². The second-order valence-electron chi connectivity index (χ2n) is 6.42. The number of benzene rings is 2. The summed E-state index contributed by atoms with van der Waals surface area (Å²) in [6.07, 6.45) is 1.03. The van der Waals surface area contributed by atoms with Crippen LogP contribution in [0.2, 0.25) is 10.0 Å². The van der Waals surface area contributed by atoms with Crippen molar-refractivity contribution in [1.29, 1.82) is 0 Å². The van der Waals surface area contributed by atoms with Crippen LogP contribution in [0.1, 0.15) is 28.4 Å². The van der Waals surface area contributed by atoms with Gasteiger partial charge in [-0.2, -0.15) is 0 Å². The average Bonchev–Trinajstić information content (AvgIpc) is 2.61. The smallest absolute Gasteiger partial charge is 0.341 e. The van der Waals surface area contributed by atoms with Crippen LogP contribution in [-0.2, 0) is 13.0 Å². The standard InChI is InChI=1S/C20H17Cl2NO4/c1-11(24)9-23-10-15(20(26)27)19(25)14-8-12(5-6-17(14)23)7-13-3-2-4-16(21)18(13)22/h2-6,8,10-11,24H,7,9H2,1H3,(H,26,27). The Labute approximate surface area is 165 Å². The summed E-state index contributed by atoms with van der Waals surface area (Å²) in [6, 6.07) is 10.6. The topological polar surface area (TPSA) is 79.5 Å². The molecule has 27 heavy (non-hydrogen) atoms. The Hall–Kier alpha value is -2.34. The molecule has 0 saturated carbocycles. The molecule has 7 heteroatoms. The van der Waals surface area contributed by atoms with Crippen LogP contribution < -0.4 is 5.43 Å². The number of aromatic nitrogens is 1. The highest BCUT2D eigenvalue weighted by Crippen LogP contribution is 2.28. The van der Waals surface area contributed by atoms with Gasteiger partial charge in [0.2, 0.25) is 5.43 Å². The Balaban J connectivity index is 2.15. The molecule has 0 amide bonds. The summed E-state index contributed by atoms with van der Waals surface area (Å²) in [5.41, 5.74) is 1.28. The van der Waals surface area contributed by atoms with Gasteiger partial charge in [0.25, 0.3) is 0 Å². The molecule has 0 aliphatic carbocycles. The lowest BCUT2D eigenvalue weighted by atomic mass is 10.0. The van der Waals surface area contributed by atoms with Crippen LogP contribution in [0.3, 0.4) is 0 Å². The van der Waals surface area contributed by atoms with Crippen molar-refractivity contribution in [3.63, 3.8) is 0 Å². The molecule has 3 rings (SSSR count). The second kappa shape index (κ2) is 7.72. The zero-order valence-electron chi connectivity index (χ0n) is 14.4. The summed E-state index contributed by atoms with van der Waals surface area (Å²) in [6.45, 7) is 1.77. The van der Waals surface area contributed by atoms with E-state index in [-0.39, 0.29) is 17.5 Å². The number of pyridine rings is 1. The van der Waals surface area contributed by atoms with Crippen LogP contribution in [0.5, 0.6) is 0 Å². The van der Waals surface area contributed by atoms with Crippen molar-refractivity contribution in [2.75, 3.05) is 0 Å². The predicted molar refractivity (Wildman–Crippen MR) is 106 cm³/mol. The predicted octanol–water partition coefficient (Wildman–Crippen LogP) is 3.98. The highest BCUT2D eigenvalue weighted by atomic mass is 35.5. The average molecular weight is 406 g/mol. The molecule has 5 nitrogen and oxygen atoms in total. The fraction of sp³-hybridized carbons (Fsp3) is 0.200. The maximum absolute atomic E-state index is 12.6. The van der Waals surface area contributed by atoms with Crippen LogP contribution in [-0.4, -0.2) is 26.9 Å². The maximum atomic E-state index is 12.6. The number of fused-ring (bicyclic) bond motifs is 1. The minimum absolute atomic E-state index is 0.177. The van der Waals surface area contributed by atoms with E-state index in [1.54, 1.807) is 35.8 Å². The SMILES string of the molecule is CC(O)Cn1cc(C(=O)O)c(=O)c2cc(Cc3cccc(Cl)c3Cl)ccc21. The lowest BCUT2D eigenvalue weighted by Crippen LogP contribution is -2.21. The van der Waals surface area contributed by atoms with Crippen molar-refractivity contribution in [1.82, 2.24) is 4.57 Å². The van der Waals surface area contributed by atoms with Gasteiger partial charge in [0.05, 0.1) is 21.7 Å². The van der Waals surface area contributed by atoms with Gasteiger partial charge >= 0.3 is 5.97 Å². The number of aliphatic hydroxyl groups is 1. The van der Waals surface area contributed by atoms with E-state index in [1.165, 1.54) is 6.20 Å². The van der Waals surface area contributed by atoms with E-state index in [2.05, 4.69) is 0 Å². The summed E-state index contributed by atoms with van der Waals surface area (Å²) >= 11 is 12.3. The number of nitrogens with zero attached hydrogens (tertiary/aromatic N) is 1. The summed E-state index contributed by atoms with van der Waals surface area (Å²) in [5, 5.41) is 20.2. The van der Waals surface area contributed by atoms with Gasteiger partial charge in [0, 0.05) is 18.1 Å². The first-order chi connectivity index (χ1) is 12.8. The first-order valence-corrected chi connectivity index (χ1v) is 9.04. The van der Waals surface area contributed by atoms with Gasteiger partial charge in [0.15, 0.2) is 0 Å². The van der Waals surface area contributed by atoms with E-state index < -0.39 is 17.5 Å². The molecule has 0 aliphatic rings. The number of hydrogen-bond acceptors (Lipinski definition) is 3. The fourth-order valence-corrected chi connectivity index (χ4v) is 3.43. The van der Waals surface area contributed by atoms with Gasteiger partial charge in [-0.3, -0.25) is 4.79 Å². The van der Waals surface area contributed by atoms with Crippen molar-refractivity contribution >= 4 is 40.1 Å². The molecule has 140 valence electrons. The van der Waals surface area contributed by atoms with E-state index in [0.29, 0.717) is 22.0 Å². The third-order valence-corrected chi connectivity index (χ3v) is 5.12. The summed E-state index contributed by atoms with van der Waals surface area (Å²) in [7, 11) is 0. The molecule has 0 aliphatic heterocycles. The van der Waals surface area contributed by atoms with Crippen molar-refractivity contribution in [2.24, 2.45) is 0 Å². The van der Waals surface area contributed by atoms with Crippen LogP contribution >= 0.6 is 23.2 Å². The zero-order chi connectivity index (χ0) is 19.7. The Bertz CT molecular complexity index is 1090. The first kappa shape index (κ1) is 19.4. The van der Waals surface area contributed by atoms with Gasteiger partial charge in [-0.25, -0.2) is 4.79 Å². The molecule has 0 fully saturated rings. The second-order valence-corrected chi connectivity index (χ2v) is 7.20. The molecule has 0 saturated heterocycles. The number of halogens is 2. The molecule has 0 spiro atoms. The van der Waals surface area contributed by atoms with Crippen LogP contribution in [0.15, 0.2) is 47.4 Å². The van der Waals surface area contributed by atoms with E-state index in [1.807, 2.05) is 12.1 Å². The molecule has 1 heterocycles. The van der Waals surface area contributed by atoms with E-state index >= 15 is 0 Å². The van der Waals surface area contributed by atoms with Crippen LogP contribution in [0.4, 0.5) is 0 Å². The molecule has 1 atom stereocenters. The molecule has 0 bridgehead atoms. The normalized spacial score (nSPS) is 12.3. The third kappa shape index (κ3) is 4.00. The number of carbonyl (C=O) groups is 1. The molecular weight excluding hydrogens is 389 g/mol. The Kier molecular flexibility index (Phi) is 5.56. The van der Waals surface area contributed by atoms with Gasteiger partial charge < -0.3 is 14.8 Å². The van der Waals surface area contributed by atoms with Gasteiger partial charge in [-0.15, -0.1) is 0 Å². The number of carboxylic acid groups (broad SMARTS) is 1. The van der Waals surface area contributed by atoms with E-state index in [4.69, 9.17) is 23.2 Å². The zero-order valence-corrected chi connectivity index (χ0v) is 16.0. The summed E-state index contributed by atoms with van der Waals surface area (Å²) in [5.74, 6) is -1.30. The quantitative estimate of drug-likeness (QED) is 0.672. The highest BCUT2D eigenvalue weighted by Gasteiger charge is 2.16. The number of rotatable bonds is 5. The highest BCUT2D eigenvalue weighted by molar-refractivity contribution is 6.42. The molecule has 1 aromatic heterocycles. The molecule has 3 aromatic rings. The molecule has 2 aromatic carbocycles. The largest absolute Gasteiger partial charge is 0.477 e. The van der Waals surface area contributed by atoms with E-state index in [0.717, 1.165) is 11.1 Å². The Morgan fingerprint density at radius 3 is 2.63 bits per heavy atom. The van der Waals surface area contributed by atoms with Crippen molar-refractivity contribution in [3.05, 3.63) is 79.6 Å². The minimum Gasteiger partial charge on any atom is -0.477 e. The molecular formula is C20H17Cl2NO4. The van der Waals surface area contributed by atoms with Gasteiger partial charge in [-0.05, 0) is 42.7 Å². The number of hydrogen-bond donors (Lipinski definition) is 2. The van der Waals surface area contributed by atoms with Crippen molar-refractivity contribution < 1.29 is 15.0 Å². The first-order valence-electron chi connectivity index (χ1n) is 8.28. The monoisotopic (exact) mass is 405 g/mol. The Morgan fingerprint density at radius 2 is 1.96 bits per heavy atom. The maximum Gasteiger partial charge on any atom is 0.341 e. The molecule has 0 radical (unpaired) electrons. The van der Waals surface area contributed by atoms with Crippen LogP contribution in [0, 0.1) is 0 Å². The third-order valence-electron chi connectivity index (χ3n) is 4.26. The van der Waals surface area contributed by atoms with Crippen LogP contribution in [0.25, 0.3) is 10.9 Å². The molecule has 2 N–H and O–H groups in total. The summed E-state index contributed by atoms with van der Waals surface area (Å²) in [4.78, 5) is 24.1. The fourth-order valence-electron chi connectivity index (χ4n) is 3.05. The minimum atomic E-state index is -1.30.